The quantitative estimate of drug-likeness (QED) is 0.322. The van der Waals surface area contributed by atoms with Crippen LogP contribution in [-0.2, 0) is 14.3 Å². The summed E-state index contributed by atoms with van der Waals surface area (Å²) in [6.45, 7) is 5.93. The highest BCUT2D eigenvalue weighted by Gasteiger charge is 2.44. The van der Waals surface area contributed by atoms with E-state index in [1.165, 1.54) is 12.3 Å². The van der Waals surface area contributed by atoms with Crippen LogP contribution in [0.2, 0.25) is 5.02 Å². The monoisotopic (exact) mass is 533 g/mol. The Balaban J connectivity index is 1.53. The highest BCUT2D eigenvalue weighted by molar-refractivity contribution is 6.31. The molecule has 0 spiro atoms. The molecule has 1 aromatic heterocycles. The first-order valence-corrected chi connectivity index (χ1v) is 12.8. The van der Waals surface area contributed by atoms with Gasteiger partial charge in [0.05, 0.1) is 23.1 Å². The number of esters is 1. The summed E-state index contributed by atoms with van der Waals surface area (Å²) in [6, 6.07) is 14.0. The van der Waals surface area contributed by atoms with Gasteiger partial charge in [-0.05, 0) is 49.1 Å². The maximum Gasteiger partial charge on any atom is 0.336 e. The van der Waals surface area contributed by atoms with Crippen LogP contribution in [0.3, 0.4) is 0 Å². The van der Waals surface area contributed by atoms with E-state index in [2.05, 4.69) is 5.32 Å². The first-order chi connectivity index (χ1) is 18.1. The van der Waals surface area contributed by atoms with Gasteiger partial charge in [0.15, 0.2) is 11.2 Å². The summed E-state index contributed by atoms with van der Waals surface area (Å²) in [5.74, 6) is -1.03. The molecule has 0 saturated heterocycles. The molecule has 2 aliphatic rings. The van der Waals surface area contributed by atoms with Crippen molar-refractivity contribution < 1.29 is 23.5 Å². The van der Waals surface area contributed by atoms with Crippen molar-refractivity contribution in [1.82, 2.24) is 5.32 Å². The van der Waals surface area contributed by atoms with Gasteiger partial charge in [-0.25, -0.2) is 4.79 Å². The van der Waals surface area contributed by atoms with Gasteiger partial charge in [-0.3, -0.25) is 9.59 Å². The number of carbonyl (C=O) groups is 2. The van der Waals surface area contributed by atoms with Crippen LogP contribution >= 0.6 is 11.6 Å². The maximum atomic E-state index is 13.7. The standard InChI is InChI=1S/C30H28ClNO6/c1-17-25(29(35)37-12-11-36-19-7-5-4-6-8-19)26(27-22(32-17)14-30(2,3)15-23(27)33)21-16-38-24-10-9-18(31)13-20(24)28(21)34/h4-10,13,16,26,32H,11-12,14-15H2,1-3H3. The minimum absolute atomic E-state index is 0.00789. The first-order valence-electron chi connectivity index (χ1n) is 12.4. The number of hydrogen-bond donors (Lipinski definition) is 1. The van der Waals surface area contributed by atoms with Gasteiger partial charge >= 0.3 is 5.97 Å². The highest BCUT2D eigenvalue weighted by atomic mass is 35.5. The minimum atomic E-state index is -0.933. The van der Waals surface area contributed by atoms with Crippen molar-refractivity contribution in [1.29, 1.82) is 0 Å². The number of halogens is 1. The fourth-order valence-electron chi connectivity index (χ4n) is 5.22. The van der Waals surface area contributed by atoms with E-state index >= 15 is 0 Å². The Labute approximate surface area is 225 Å². The number of benzene rings is 2. The predicted octanol–water partition coefficient (Wildman–Crippen LogP) is 5.67. The second-order valence-electron chi connectivity index (χ2n) is 10.4. The molecule has 1 unspecified atom stereocenters. The molecule has 0 fully saturated rings. The SMILES string of the molecule is CC1=C(C(=O)OCCOc2ccccc2)C(c2coc3ccc(Cl)cc3c2=O)C2=C(CC(C)(C)CC2=O)N1. The van der Waals surface area contributed by atoms with E-state index in [9.17, 15) is 14.4 Å². The summed E-state index contributed by atoms with van der Waals surface area (Å²) in [4.78, 5) is 40.7. The lowest BCUT2D eigenvalue weighted by atomic mass is 9.68. The van der Waals surface area contributed by atoms with E-state index in [0.29, 0.717) is 46.2 Å². The topological polar surface area (TPSA) is 94.8 Å². The number of rotatable bonds is 6. The Morgan fingerprint density at radius 2 is 1.87 bits per heavy atom. The zero-order valence-corrected chi connectivity index (χ0v) is 22.2. The third-order valence-electron chi connectivity index (χ3n) is 6.86. The normalized spacial score (nSPS) is 18.7. The fraction of sp³-hybridized carbons (Fsp3) is 0.300. The number of ketones is 1. The molecule has 1 aliphatic carbocycles. The molecule has 7 nitrogen and oxygen atoms in total. The number of para-hydroxylation sites is 1. The van der Waals surface area contributed by atoms with Crippen molar-refractivity contribution in [3.8, 4) is 5.75 Å². The Morgan fingerprint density at radius 1 is 1.11 bits per heavy atom. The zero-order valence-electron chi connectivity index (χ0n) is 21.4. The smallest absolute Gasteiger partial charge is 0.336 e. The summed E-state index contributed by atoms with van der Waals surface area (Å²) in [5, 5.41) is 3.93. The number of Topliss-reactive ketones (excluding diaryl/α,β-unsaturated/α-hetero) is 1. The van der Waals surface area contributed by atoms with Gasteiger partial charge in [0.25, 0.3) is 0 Å². The third-order valence-corrected chi connectivity index (χ3v) is 7.10. The van der Waals surface area contributed by atoms with E-state index in [0.717, 1.165) is 0 Å². The van der Waals surface area contributed by atoms with Crippen LogP contribution in [0.5, 0.6) is 5.75 Å². The average molecular weight is 534 g/mol. The molecule has 196 valence electrons. The minimum Gasteiger partial charge on any atom is -0.490 e. The van der Waals surface area contributed by atoms with Crippen molar-refractivity contribution in [3.63, 3.8) is 0 Å². The molecule has 3 aromatic rings. The van der Waals surface area contributed by atoms with Crippen LogP contribution in [0.25, 0.3) is 11.0 Å². The average Bonchev–Trinajstić information content (AvgIpc) is 2.86. The van der Waals surface area contributed by atoms with Crippen LogP contribution in [0.1, 0.15) is 45.1 Å². The summed E-state index contributed by atoms with van der Waals surface area (Å²) in [6.07, 6.45) is 2.23. The van der Waals surface area contributed by atoms with Crippen molar-refractivity contribution >= 4 is 34.3 Å². The second-order valence-corrected chi connectivity index (χ2v) is 10.8. The molecule has 1 aliphatic heterocycles. The number of dihydropyridines is 1. The lowest BCUT2D eigenvalue weighted by molar-refractivity contribution is -0.140. The highest BCUT2D eigenvalue weighted by Crippen LogP contribution is 2.46. The number of carbonyl (C=O) groups excluding carboxylic acids is 2. The van der Waals surface area contributed by atoms with Crippen molar-refractivity contribution in [2.24, 2.45) is 5.41 Å². The number of allylic oxidation sites excluding steroid dienone is 3. The Bertz CT molecular complexity index is 1550. The predicted molar refractivity (Wildman–Crippen MR) is 144 cm³/mol. The Hall–Kier alpha value is -3.84. The number of fused-ring (bicyclic) bond motifs is 1. The van der Waals surface area contributed by atoms with Crippen LogP contribution < -0.4 is 15.5 Å². The summed E-state index contributed by atoms with van der Waals surface area (Å²) >= 11 is 6.16. The van der Waals surface area contributed by atoms with Crippen LogP contribution in [0.4, 0.5) is 0 Å². The molecular formula is C30H28ClNO6. The fourth-order valence-corrected chi connectivity index (χ4v) is 5.40. The van der Waals surface area contributed by atoms with Gasteiger partial charge in [0.1, 0.15) is 24.5 Å². The molecule has 0 amide bonds. The molecule has 0 bridgehead atoms. The molecule has 2 heterocycles. The molecule has 2 aromatic carbocycles. The molecule has 5 rings (SSSR count). The van der Waals surface area contributed by atoms with E-state index in [1.807, 2.05) is 44.2 Å². The maximum absolute atomic E-state index is 13.7. The van der Waals surface area contributed by atoms with Gasteiger partial charge < -0.3 is 19.2 Å². The van der Waals surface area contributed by atoms with Crippen LogP contribution in [-0.4, -0.2) is 25.0 Å². The molecule has 0 saturated carbocycles. The van der Waals surface area contributed by atoms with Gasteiger partial charge in [0, 0.05) is 34.0 Å². The van der Waals surface area contributed by atoms with Gasteiger partial charge in [-0.1, -0.05) is 43.6 Å². The Morgan fingerprint density at radius 3 is 2.63 bits per heavy atom. The van der Waals surface area contributed by atoms with Gasteiger partial charge in [-0.2, -0.15) is 0 Å². The van der Waals surface area contributed by atoms with E-state index in [-0.39, 0.29) is 46.4 Å². The van der Waals surface area contributed by atoms with Crippen molar-refractivity contribution in [2.75, 3.05) is 13.2 Å². The van der Waals surface area contributed by atoms with Crippen molar-refractivity contribution in [3.05, 3.63) is 98.1 Å². The summed E-state index contributed by atoms with van der Waals surface area (Å²) in [5.41, 5.74) is 1.78. The van der Waals surface area contributed by atoms with Gasteiger partial charge in [-0.15, -0.1) is 0 Å². The molecule has 38 heavy (non-hydrogen) atoms. The molecule has 8 heteroatoms. The zero-order chi connectivity index (χ0) is 27.0. The third kappa shape index (κ3) is 4.98. The lowest BCUT2D eigenvalue weighted by Gasteiger charge is -2.39. The summed E-state index contributed by atoms with van der Waals surface area (Å²) in [7, 11) is 0. The number of nitrogens with one attached hydrogen (secondary N) is 1. The van der Waals surface area contributed by atoms with Crippen LogP contribution in [0.15, 0.2) is 86.5 Å². The first kappa shape index (κ1) is 25.8. The van der Waals surface area contributed by atoms with E-state index in [1.54, 1.807) is 19.1 Å². The van der Waals surface area contributed by atoms with E-state index in [4.69, 9.17) is 25.5 Å². The lowest BCUT2D eigenvalue weighted by Crippen LogP contribution is -2.40. The summed E-state index contributed by atoms with van der Waals surface area (Å²) < 4.78 is 17.0. The molecule has 1 N–H and O–H groups in total. The number of ether oxygens (including phenoxy) is 2. The largest absolute Gasteiger partial charge is 0.490 e. The second kappa shape index (κ2) is 10.1. The van der Waals surface area contributed by atoms with E-state index < -0.39 is 11.9 Å². The van der Waals surface area contributed by atoms with Crippen LogP contribution in [0, 0.1) is 5.41 Å². The van der Waals surface area contributed by atoms with Crippen molar-refractivity contribution in [2.45, 2.75) is 39.5 Å². The number of hydrogen-bond acceptors (Lipinski definition) is 7. The molecule has 0 radical (unpaired) electrons. The molecular weight excluding hydrogens is 506 g/mol. The Kier molecular flexibility index (Phi) is 6.88. The molecule has 1 atom stereocenters. The van der Waals surface area contributed by atoms with Gasteiger partial charge in [0.2, 0.25) is 0 Å².